The van der Waals surface area contributed by atoms with E-state index in [1.165, 1.54) is 0 Å². The highest BCUT2D eigenvalue weighted by molar-refractivity contribution is 9.10. The molecule has 0 aliphatic carbocycles. The Bertz CT molecular complexity index is 653. The number of nitrogens with two attached hydrogens (primary N) is 1. The summed E-state index contributed by atoms with van der Waals surface area (Å²) in [5.41, 5.74) is 9.01. The van der Waals surface area contributed by atoms with E-state index in [0.29, 0.717) is 11.4 Å². The third-order valence-corrected chi connectivity index (χ3v) is 4.15. The molecule has 2 aromatic rings. The zero-order valence-corrected chi connectivity index (χ0v) is 12.1. The van der Waals surface area contributed by atoms with Gasteiger partial charge in [-0.3, -0.25) is 4.79 Å². The van der Waals surface area contributed by atoms with E-state index < -0.39 is 0 Å². The van der Waals surface area contributed by atoms with Gasteiger partial charge in [-0.25, -0.2) is 4.98 Å². The van der Waals surface area contributed by atoms with Crippen molar-refractivity contribution in [1.82, 2.24) is 9.97 Å². The van der Waals surface area contributed by atoms with Crippen molar-refractivity contribution >= 4 is 21.7 Å². The summed E-state index contributed by atoms with van der Waals surface area (Å²) in [6, 6.07) is 3.92. The summed E-state index contributed by atoms with van der Waals surface area (Å²) in [5, 5.41) is 0. The minimum Gasteiger partial charge on any atom is -0.383 e. The first-order valence-corrected chi connectivity index (χ1v) is 6.33. The molecule has 0 amide bonds. The number of nitrogens with one attached hydrogen (secondary N) is 1. The largest absolute Gasteiger partial charge is 0.383 e. The molecular formula is C13H14BrN3O. The third-order valence-electron chi connectivity index (χ3n) is 2.90. The molecule has 3 N–H and O–H groups in total. The predicted octanol–water partition coefficient (Wildman–Crippen LogP) is 2.71. The molecule has 0 saturated carbocycles. The molecule has 0 aliphatic rings. The zero-order valence-electron chi connectivity index (χ0n) is 10.5. The van der Waals surface area contributed by atoms with Crippen molar-refractivity contribution < 1.29 is 0 Å². The van der Waals surface area contributed by atoms with Crippen LogP contribution in [0.5, 0.6) is 0 Å². The van der Waals surface area contributed by atoms with Crippen LogP contribution in [0.25, 0.3) is 11.4 Å². The Hall–Kier alpha value is -1.62. The number of rotatable bonds is 1. The van der Waals surface area contributed by atoms with Gasteiger partial charge in [-0.05, 0) is 44.0 Å². The summed E-state index contributed by atoms with van der Waals surface area (Å²) < 4.78 is 1.06. The van der Waals surface area contributed by atoms with Crippen LogP contribution in [-0.2, 0) is 0 Å². The maximum Gasteiger partial charge on any atom is 0.256 e. The molecule has 0 saturated heterocycles. The maximum atomic E-state index is 11.7. The molecule has 94 valence electrons. The highest BCUT2D eigenvalue weighted by atomic mass is 79.9. The number of anilines is 1. The second-order valence-electron chi connectivity index (χ2n) is 4.35. The molecule has 0 bridgehead atoms. The number of aryl methyl sites for hydroxylation is 2. The predicted molar refractivity (Wildman–Crippen MR) is 76.6 cm³/mol. The molecule has 2 rings (SSSR count). The molecule has 0 unspecified atom stereocenters. The van der Waals surface area contributed by atoms with Crippen molar-refractivity contribution in [2.24, 2.45) is 0 Å². The van der Waals surface area contributed by atoms with Gasteiger partial charge in [0.2, 0.25) is 0 Å². The summed E-state index contributed by atoms with van der Waals surface area (Å²) in [7, 11) is 0. The smallest absolute Gasteiger partial charge is 0.256 e. The van der Waals surface area contributed by atoms with Gasteiger partial charge in [-0.15, -0.1) is 0 Å². The Morgan fingerprint density at radius 1 is 1.22 bits per heavy atom. The van der Waals surface area contributed by atoms with Crippen molar-refractivity contribution in [2.45, 2.75) is 20.8 Å². The Morgan fingerprint density at radius 3 is 2.28 bits per heavy atom. The number of nitrogens with zero attached hydrogens (tertiary/aromatic N) is 1. The summed E-state index contributed by atoms with van der Waals surface area (Å²) in [6.45, 7) is 5.65. The highest BCUT2D eigenvalue weighted by Crippen LogP contribution is 2.26. The number of nitrogen functional groups attached to an aromatic ring is 1. The summed E-state index contributed by atoms with van der Waals surface area (Å²) >= 11 is 3.51. The van der Waals surface area contributed by atoms with Gasteiger partial charge in [0.15, 0.2) is 0 Å². The Labute approximate surface area is 113 Å². The van der Waals surface area contributed by atoms with E-state index in [4.69, 9.17) is 5.73 Å². The van der Waals surface area contributed by atoms with Crippen molar-refractivity contribution in [2.75, 3.05) is 5.73 Å². The maximum absolute atomic E-state index is 11.7. The minimum atomic E-state index is -0.198. The molecule has 0 aliphatic heterocycles. The fraction of sp³-hybridized carbons (Fsp3) is 0.231. The van der Waals surface area contributed by atoms with Gasteiger partial charge in [0.05, 0.1) is 5.56 Å². The lowest BCUT2D eigenvalue weighted by atomic mass is 10.1. The molecule has 1 heterocycles. The molecule has 0 spiro atoms. The molecule has 0 radical (unpaired) electrons. The molecule has 1 aromatic heterocycles. The third kappa shape index (κ3) is 2.18. The molecule has 1 aromatic carbocycles. The van der Waals surface area contributed by atoms with E-state index in [1.807, 2.05) is 26.0 Å². The van der Waals surface area contributed by atoms with Crippen LogP contribution in [0.4, 0.5) is 5.82 Å². The van der Waals surface area contributed by atoms with Crippen LogP contribution >= 0.6 is 15.9 Å². The SMILES string of the molecule is Cc1cc(-c2nc(N)c(C)c(=O)[nH]2)cc(C)c1Br. The quantitative estimate of drug-likeness (QED) is 0.851. The van der Waals surface area contributed by atoms with Crippen LogP contribution in [0.15, 0.2) is 21.4 Å². The summed E-state index contributed by atoms with van der Waals surface area (Å²) in [4.78, 5) is 18.7. The van der Waals surface area contributed by atoms with Crippen LogP contribution in [0.3, 0.4) is 0 Å². The first kappa shape index (κ1) is 12.8. The van der Waals surface area contributed by atoms with E-state index in [1.54, 1.807) is 6.92 Å². The fourth-order valence-electron chi connectivity index (χ4n) is 1.77. The van der Waals surface area contributed by atoms with Gasteiger partial charge in [0, 0.05) is 10.0 Å². The minimum absolute atomic E-state index is 0.198. The number of hydrogen-bond acceptors (Lipinski definition) is 3. The van der Waals surface area contributed by atoms with Crippen LogP contribution in [0.1, 0.15) is 16.7 Å². The number of H-pyrrole nitrogens is 1. The molecular weight excluding hydrogens is 294 g/mol. The normalized spacial score (nSPS) is 10.7. The number of halogens is 1. The van der Waals surface area contributed by atoms with Crippen LogP contribution in [0.2, 0.25) is 0 Å². The zero-order chi connectivity index (χ0) is 13.4. The second-order valence-corrected chi connectivity index (χ2v) is 5.14. The average molecular weight is 308 g/mol. The van der Waals surface area contributed by atoms with Crippen LogP contribution in [-0.4, -0.2) is 9.97 Å². The molecule has 5 heteroatoms. The van der Waals surface area contributed by atoms with Crippen molar-refractivity contribution in [3.8, 4) is 11.4 Å². The van der Waals surface area contributed by atoms with Crippen molar-refractivity contribution in [3.05, 3.63) is 43.6 Å². The number of aromatic amines is 1. The van der Waals surface area contributed by atoms with Gasteiger partial charge >= 0.3 is 0 Å². The van der Waals surface area contributed by atoms with Crippen molar-refractivity contribution in [3.63, 3.8) is 0 Å². The second kappa shape index (κ2) is 4.57. The van der Waals surface area contributed by atoms with E-state index in [2.05, 4.69) is 25.9 Å². The van der Waals surface area contributed by atoms with E-state index in [9.17, 15) is 4.79 Å². The van der Waals surface area contributed by atoms with E-state index in [-0.39, 0.29) is 11.4 Å². The molecule has 0 fully saturated rings. The lowest BCUT2D eigenvalue weighted by Gasteiger charge is -2.08. The number of hydrogen-bond donors (Lipinski definition) is 2. The van der Waals surface area contributed by atoms with Gasteiger partial charge in [-0.2, -0.15) is 0 Å². The van der Waals surface area contributed by atoms with Crippen LogP contribution in [0, 0.1) is 20.8 Å². The van der Waals surface area contributed by atoms with Gasteiger partial charge in [0.1, 0.15) is 11.6 Å². The Kier molecular flexibility index (Phi) is 3.26. The lowest BCUT2D eigenvalue weighted by Crippen LogP contribution is -2.15. The molecule has 4 nitrogen and oxygen atoms in total. The molecule has 18 heavy (non-hydrogen) atoms. The number of benzene rings is 1. The Balaban J connectivity index is 2.66. The van der Waals surface area contributed by atoms with Gasteiger partial charge in [-0.1, -0.05) is 15.9 Å². The fourth-order valence-corrected chi connectivity index (χ4v) is 2.00. The van der Waals surface area contributed by atoms with Crippen LogP contribution < -0.4 is 11.3 Å². The molecule has 0 atom stereocenters. The Morgan fingerprint density at radius 2 is 1.78 bits per heavy atom. The van der Waals surface area contributed by atoms with Crippen molar-refractivity contribution in [1.29, 1.82) is 0 Å². The van der Waals surface area contributed by atoms with E-state index in [0.717, 1.165) is 21.2 Å². The first-order chi connectivity index (χ1) is 8.40. The summed E-state index contributed by atoms with van der Waals surface area (Å²) in [5.74, 6) is 0.772. The average Bonchev–Trinajstić information content (AvgIpc) is 2.31. The highest BCUT2D eigenvalue weighted by Gasteiger charge is 2.09. The first-order valence-electron chi connectivity index (χ1n) is 5.53. The van der Waals surface area contributed by atoms with Gasteiger partial charge < -0.3 is 10.7 Å². The number of aromatic nitrogens is 2. The standard InChI is InChI=1S/C13H14BrN3O/c1-6-4-9(5-7(2)10(6)14)12-16-11(15)8(3)13(18)17-12/h4-5H,1-3H3,(H3,15,16,17,18). The topological polar surface area (TPSA) is 71.8 Å². The monoisotopic (exact) mass is 307 g/mol. The lowest BCUT2D eigenvalue weighted by molar-refractivity contribution is 1.09. The summed E-state index contributed by atoms with van der Waals surface area (Å²) in [6.07, 6.45) is 0. The van der Waals surface area contributed by atoms with E-state index >= 15 is 0 Å². The van der Waals surface area contributed by atoms with Gasteiger partial charge in [0.25, 0.3) is 5.56 Å².